The van der Waals surface area contributed by atoms with Gasteiger partial charge in [-0.15, -0.1) is 5.10 Å². The average Bonchev–Trinajstić information content (AvgIpc) is 3.11. The molecule has 4 rings (SSSR count). The van der Waals surface area contributed by atoms with Crippen molar-refractivity contribution in [1.29, 1.82) is 0 Å². The summed E-state index contributed by atoms with van der Waals surface area (Å²) < 4.78 is 1.82. The van der Waals surface area contributed by atoms with Crippen LogP contribution < -0.4 is 0 Å². The maximum atomic E-state index is 11.5. The van der Waals surface area contributed by atoms with Gasteiger partial charge in [0, 0.05) is 4.90 Å². The molecule has 2 atom stereocenters. The summed E-state index contributed by atoms with van der Waals surface area (Å²) in [6.45, 7) is 1.83. The van der Waals surface area contributed by atoms with Crippen LogP contribution in [0.25, 0.3) is 11.0 Å². The van der Waals surface area contributed by atoms with E-state index in [0.717, 1.165) is 21.5 Å². The van der Waals surface area contributed by atoms with Crippen LogP contribution in [0, 0.1) is 0 Å². The second-order valence-electron chi connectivity index (χ2n) is 6.32. The first-order chi connectivity index (χ1) is 12.7. The summed E-state index contributed by atoms with van der Waals surface area (Å²) in [5.74, 6) is 0. The van der Waals surface area contributed by atoms with Gasteiger partial charge in [0.1, 0.15) is 16.5 Å². The minimum Gasteiger partial charge on any atom is -0.382 e. The molecule has 1 N–H and O–H groups in total. The Kier molecular flexibility index (Phi) is 4.49. The lowest BCUT2D eigenvalue weighted by Crippen LogP contribution is -2.32. The molecule has 0 radical (unpaired) electrons. The molecule has 0 aliphatic rings. The molecule has 0 aliphatic heterocycles. The van der Waals surface area contributed by atoms with Crippen LogP contribution in [-0.2, 0) is 5.60 Å². The number of hydrogen-bond donors (Lipinski definition) is 1. The number of para-hydroxylation sites is 1. The fourth-order valence-corrected chi connectivity index (χ4v) is 4.20. The molecule has 3 aromatic carbocycles. The second-order valence-corrected chi connectivity index (χ2v) is 7.47. The first-order valence-corrected chi connectivity index (χ1v) is 9.34. The van der Waals surface area contributed by atoms with Crippen LogP contribution in [0.4, 0.5) is 0 Å². The van der Waals surface area contributed by atoms with Crippen molar-refractivity contribution in [1.82, 2.24) is 15.0 Å². The normalized spacial score (nSPS) is 14.8. The van der Waals surface area contributed by atoms with E-state index in [0.29, 0.717) is 0 Å². The molecule has 0 bridgehead atoms. The van der Waals surface area contributed by atoms with E-state index in [1.807, 2.05) is 96.5 Å². The predicted octanol–water partition coefficient (Wildman–Crippen LogP) is 4.63. The number of thioether (sulfide) groups is 1. The second kappa shape index (κ2) is 6.94. The van der Waals surface area contributed by atoms with Crippen LogP contribution in [-0.4, -0.2) is 20.1 Å². The molecule has 0 aliphatic carbocycles. The Morgan fingerprint density at radius 2 is 1.50 bits per heavy atom. The van der Waals surface area contributed by atoms with Crippen LogP contribution in [0.3, 0.4) is 0 Å². The molecule has 1 heterocycles. The van der Waals surface area contributed by atoms with E-state index in [1.165, 1.54) is 0 Å². The standard InChI is InChI=1S/C21H19N3OS/c1-21(25,16-10-4-2-5-11-16)20(26-17-12-6-3-7-13-17)24-19-15-9-8-14-18(19)22-23-24/h2-15,20,25H,1H3. The zero-order valence-corrected chi connectivity index (χ0v) is 15.2. The molecule has 0 amide bonds. The molecule has 0 saturated heterocycles. The molecule has 26 heavy (non-hydrogen) atoms. The van der Waals surface area contributed by atoms with Crippen molar-refractivity contribution >= 4 is 22.8 Å². The van der Waals surface area contributed by atoms with E-state index >= 15 is 0 Å². The quantitative estimate of drug-likeness (QED) is 0.527. The number of hydrogen-bond acceptors (Lipinski definition) is 4. The number of aliphatic hydroxyl groups is 1. The van der Waals surface area contributed by atoms with Gasteiger partial charge in [-0.25, -0.2) is 4.68 Å². The van der Waals surface area contributed by atoms with Gasteiger partial charge in [-0.1, -0.05) is 77.6 Å². The van der Waals surface area contributed by atoms with Gasteiger partial charge in [0.2, 0.25) is 0 Å². The number of fused-ring (bicyclic) bond motifs is 1. The minimum absolute atomic E-state index is 0.375. The Labute approximate surface area is 156 Å². The summed E-state index contributed by atoms with van der Waals surface area (Å²) in [4.78, 5) is 1.06. The summed E-state index contributed by atoms with van der Waals surface area (Å²) in [5.41, 5.74) is 1.42. The Balaban J connectivity index is 1.84. The number of aromatic nitrogens is 3. The SMILES string of the molecule is CC(O)(c1ccccc1)C(Sc1ccccc1)n1nnc2ccccc21. The van der Waals surface area contributed by atoms with Gasteiger partial charge >= 0.3 is 0 Å². The fraction of sp³-hybridized carbons (Fsp3) is 0.143. The van der Waals surface area contributed by atoms with Crippen LogP contribution >= 0.6 is 11.8 Å². The molecule has 2 unspecified atom stereocenters. The highest BCUT2D eigenvalue weighted by Crippen LogP contribution is 2.44. The molecule has 4 nitrogen and oxygen atoms in total. The third-order valence-corrected chi connectivity index (χ3v) is 5.86. The third-order valence-electron chi connectivity index (χ3n) is 4.43. The Bertz CT molecular complexity index is 999. The van der Waals surface area contributed by atoms with Gasteiger partial charge in [0.25, 0.3) is 0 Å². The van der Waals surface area contributed by atoms with Crippen LogP contribution in [0.5, 0.6) is 0 Å². The molecular weight excluding hydrogens is 342 g/mol. The van der Waals surface area contributed by atoms with E-state index in [2.05, 4.69) is 10.3 Å². The number of nitrogens with zero attached hydrogens (tertiary/aromatic N) is 3. The van der Waals surface area contributed by atoms with E-state index in [1.54, 1.807) is 11.8 Å². The smallest absolute Gasteiger partial charge is 0.137 e. The highest BCUT2D eigenvalue weighted by Gasteiger charge is 2.37. The Morgan fingerprint density at radius 3 is 2.23 bits per heavy atom. The van der Waals surface area contributed by atoms with Crippen molar-refractivity contribution < 1.29 is 5.11 Å². The van der Waals surface area contributed by atoms with Gasteiger partial charge in [0.15, 0.2) is 0 Å². The largest absolute Gasteiger partial charge is 0.382 e. The maximum Gasteiger partial charge on any atom is 0.137 e. The summed E-state index contributed by atoms with van der Waals surface area (Å²) in [7, 11) is 0. The monoisotopic (exact) mass is 361 g/mol. The van der Waals surface area contributed by atoms with Crippen LogP contribution in [0.2, 0.25) is 0 Å². The Morgan fingerprint density at radius 1 is 0.885 bits per heavy atom. The summed E-state index contributed by atoms with van der Waals surface area (Å²) in [5, 5.41) is 19.8. The average molecular weight is 361 g/mol. The lowest BCUT2D eigenvalue weighted by Gasteiger charge is -2.33. The predicted molar refractivity (Wildman–Crippen MR) is 105 cm³/mol. The maximum absolute atomic E-state index is 11.5. The molecule has 0 spiro atoms. The van der Waals surface area contributed by atoms with Gasteiger partial charge in [0.05, 0.1) is 5.52 Å². The van der Waals surface area contributed by atoms with E-state index in [4.69, 9.17) is 0 Å². The van der Waals surface area contributed by atoms with Crippen molar-refractivity contribution in [2.45, 2.75) is 22.8 Å². The van der Waals surface area contributed by atoms with Gasteiger partial charge in [-0.2, -0.15) is 0 Å². The molecule has 5 heteroatoms. The minimum atomic E-state index is -1.14. The first kappa shape index (κ1) is 16.8. The van der Waals surface area contributed by atoms with Crippen molar-refractivity contribution in [3.8, 4) is 0 Å². The molecule has 0 fully saturated rings. The van der Waals surface area contributed by atoms with Crippen LogP contribution in [0.15, 0.2) is 89.8 Å². The molecule has 4 aromatic rings. The van der Waals surface area contributed by atoms with E-state index in [9.17, 15) is 5.11 Å². The number of rotatable bonds is 5. The van der Waals surface area contributed by atoms with Crippen molar-refractivity contribution in [2.75, 3.05) is 0 Å². The zero-order chi connectivity index (χ0) is 18.0. The van der Waals surface area contributed by atoms with Crippen LogP contribution in [0.1, 0.15) is 17.9 Å². The first-order valence-electron chi connectivity index (χ1n) is 8.46. The third kappa shape index (κ3) is 3.11. The lowest BCUT2D eigenvalue weighted by molar-refractivity contribution is 0.0312. The summed E-state index contributed by atoms with van der Waals surface area (Å²) in [6.07, 6.45) is 0. The fourth-order valence-electron chi connectivity index (χ4n) is 3.01. The highest BCUT2D eigenvalue weighted by molar-refractivity contribution is 7.99. The molecular formula is C21H19N3OS. The summed E-state index contributed by atoms with van der Waals surface area (Å²) in [6, 6.07) is 27.6. The number of benzene rings is 3. The molecule has 1 aromatic heterocycles. The van der Waals surface area contributed by atoms with Gasteiger partial charge < -0.3 is 5.11 Å². The molecule has 130 valence electrons. The van der Waals surface area contributed by atoms with Crippen molar-refractivity contribution in [3.63, 3.8) is 0 Å². The van der Waals surface area contributed by atoms with E-state index in [-0.39, 0.29) is 5.37 Å². The Hall–Kier alpha value is -2.63. The van der Waals surface area contributed by atoms with Crippen molar-refractivity contribution in [2.24, 2.45) is 0 Å². The van der Waals surface area contributed by atoms with Gasteiger partial charge in [-0.3, -0.25) is 0 Å². The topological polar surface area (TPSA) is 50.9 Å². The lowest BCUT2D eigenvalue weighted by atomic mass is 9.95. The highest BCUT2D eigenvalue weighted by atomic mass is 32.2. The summed E-state index contributed by atoms with van der Waals surface area (Å²) >= 11 is 1.57. The van der Waals surface area contributed by atoms with E-state index < -0.39 is 5.60 Å². The zero-order valence-electron chi connectivity index (χ0n) is 14.4. The van der Waals surface area contributed by atoms with Gasteiger partial charge in [-0.05, 0) is 36.8 Å². The molecule has 0 saturated carbocycles. The van der Waals surface area contributed by atoms with Crippen molar-refractivity contribution in [3.05, 3.63) is 90.5 Å².